The molecule has 0 amide bonds. The van der Waals surface area contributed by atoms with Crippen LogP contribution in [0.4, 0.5) is 4.39 Å². The highest BCUT2D eigenvalue weighted by Gasteiger charge is 2.39. The predicted molar refractivity (Wildman–Crippen MR) is 160 cm³/mol. The number of carboxylic acids is 1. The van der Waals surface area contributed by atoms with Crippen LogP contribution in [0.5, 0.6) is 11.6 Å². The van der Waals surface area contributed by atoms with E-state index >= 15 is 0 Å². The molecule has 42 heavy (non-hydrogen) atoms. The number of hydrogen-bond acceptors (Lipinski definition) is 5. The van der Waals surface area contributed by atoms with Crippen molar-refractivity contribution in [3.63, 3.8) is 0 Å². The number of aromatic nitrogens is 1. The molecular formula is C35H41FN2O4. The fourth-order valence-electron chi connectivity index (χ4n) is 6.98. The Kier molecular flexibility index (Phi) is 8.22. The summed E-state index contributed by atoms with van der Waals surface area (Å²) in [6.45, 7) is 5.94. The summed E-state index contributed by atoms with van der Waals surface area (Å²) in [5.74, 6) is 0.101. The van der Waals surface area contributed by atoms with Gasteiger partial charge in [-0.15, -0.1) is 0 Å². The zero-order valence-corrected chi connectivity index (χ0v) is 24.8. The van der Waals surface area contributed by atoms with Crippen molar-refractivity contribution in [2.75, 3.05) is 13.7 Å². The van der Waals surface area contributed by atoms with Crippen molar-refractivity contribution in [2.24, 2.45) is 11.8 Å². The molecule has 1 N–H and O–H groups in total. The molecular weight excluding hydrogens is 531 g/mol. The van der Waals surface area contributed by atoms with Gasteiger partial charge < -0.3 is 14.6 Å². The molecule has 1 saturated carbocycles. The van der Waals surface area contributed by atoms with E-state index in [2.05, 4.69) is 47.1 Å². The molecule has 2 aliphatic heterocycles. The lowest BCUT2D eigenvalue weighted by Crippen LogP contribution is -2.37. The average molecular weight is 573 g/mol. The van der Waals surface area contributed by atoms with Crippen molar-refractivity contribution in [3.8, 4) is 22.8 Å². The SMILES string of the molecule is COc1cc(-c2ccc(C3CCc4ccc([C@H](C5CC5)[C@H](C)C(=O)O)cc4O3)c(CN3CCCC[C@@H]3C)c2)c(F)cn1. The van der Waals surface area contributed by atoms with Gasteiger partial charge in [-0.1, -0.05) is 37.6 Å². The third-order valence-electron chi connectivity index (χ3n) is 9.63. The van der Waals surface area contributed by atoms with Crippen LogP contribution in [0.1, 0.15) is 86.6 Å². The third kappa shape index (κ3) is 5.89. The zero-order valence-electron chi connectivity index (χ0n) is 24.8. The second-order valence-electron chi connectivity index (χ2n) is 12.4. The highest BCUT2D eigenvalue weighted by Crippen LogP contribution is 2.48. The summed E-state index contributed by atoms with van der Waals surface area (Å²) in [6, 6.07) is 14.7. The summed E-state index contributed by atoms with van der Waals surface area (Å²) in [7, 11) is 1.54. The summed E-state index contributed by atoms with van der Waals surface area (Å²) in [5, 5.41) is 9.79. The van der Waals surface area contributed by atoms with Gasteiger partial charge in [0, 0.05) is 24.2 Å². The molecule has 1 saturated heterocycles. The number of nitrogens with zero attached hydrogens (tertiary/aromatic N) is 2. The first-order chi connectivity index (χ1) is 20.3. The van der Waals surface area contributed by atoms with Crippen molar-refractivity contribution in [1.29, 1.82) is 0 Å². The van der Waals surface area contributed by atoms with E-state index in [9.17, 15) is 14.3 Å². The third-order valence-corrected chi connectivity index (χ3v) is 9.63. The average Bonchev–Trinajstić information content (AvgIpc) is 3.83. The van der Waals surface area contributed by atoms with Crippen molar-refractivity contribution in [2.45, 2.75) is 83.4 Å². The van der Waals surface area contributed by atoms with Crippen LogP contribution in [0.15, 0.2) is 48.7 Å². The number of ether oxygens (including phenoxy) is 2. The lowest BCUT2D eigenvalue weighted by molar-refractivity contribution is -0.142. The molecule has 1 unspecified atom stereocenters. The number of aliphatic carboxylic acids is 1. The van der Waals surface area contributed by atoms with Crippen molar-refractivity contribution < 1.29 is 23.8 Å². The molecule has 1 aliphatic carbocycles. The number of benzene rings is 2. The smallest absolute Gasteiger partial charge is 0.306 e. The predicted octanol–water partition coefficient (Wildman–Crippen LogP) is 7.55. The van der Waals surface area contributed by atoms with Crippen LogP contribution in [0.3, 0.4) is 0 Å². The summed E-state index contributed by atoms with van der Waals surface area (Å²) in [4.78, 5) is 18.5. The Morgan fingerprint density at radius 1 is 1.14 bits per heavy atom. The van der Waals surface area contributed by atoms with Crippen LogP contribution in [-0.4, -0.2) is 40.7 Å². The molecule has 0 radical (unpaired) electrons. The first-order valence-electron chi connectivity index (χ1n) is 15.4. The van der Waals surface area contributed by atoms with E-state index in [1.54, 1.807) is 6.07 Å². The Bertz CT molecular complexity index is 1450. The van der Waals surface area contributed by atoms with E-state index in [1.807, 2.05) is 13.0 Å². The van der Waals surface area contributed by atoms with Gasteiger partial charge in [0.05, 0.1) is 19.2 Å². The minimum Gasteiger partial charge on any atom is -0.485 e. The van der Waals surface area contributed by atoms with Gasteiger partial charge in [0.15, 0.2) is 0 Å². The largest absolute Gasteiger partial charge is 0.485 e. The number of methoxy groups -OCH3 is 1. The van der Waals surface area contributed by atoms with Crippen molar-refractivity contribution in [3.05, 3.63) is 76.7 Å². The van der Waals surface area contributed by atoms with Crippen LogP contribution >= 0.6 is 0 Å². The molecule has 3 heterocycles. The molecule has 3 aliphatic rings. The van der Waals surface area contributed by atoms with Gasteiger partial charge in [-0.25, -0.2) is 9.37 Å². The zero-order chi connectivity index (χ0) is 29.4. The first kappa shape index (κ1) is 28.7. The number of halogens is 1. The van der Waals surface area contributed by atoms with Crippen LogP contribution in [-0.2, 0) is 17.8 Å². The Morgan fingerprint density at radius 2 is 1.98 bits per heavy atom. The molecule has 4 atom stereocenters. The number of fused-ring (bicyclic) bond motifs is 1. The van der Waals surface area contributed by atoms with Gasteiger partial charge in [0.1, 0.15) is 17.7 Å². The summed E-state index contributed by atoms with van der Waals surface area (Å²) >= 11 is 0. The Hall–Kier alpha value is -3.45. The molecule has 6 nitrogen and oxygen atoms in total. The monoisotopic (exact) mass is 572 g/mol. The van der Waals surface area contributed by atoms with Gasteiger partial charge in [-0.2, -0.15) is 0 Å². The number of carbonyl (C=O) groups is 1. The highest BCUT2D eigenvalue weighted by molar-refractivity contribution is 5.71. The molecule has 0 bridgehead atoms. The number of rotatable bonds is 9. The molecule has 0 spiro atoms. The van der Waals surface area contributed by atoms with E-state index < -0.39 is 11.9 Å². The van der Waals surface area contributed by atoms with Gasteiger partial charge in [0.2, 0.25) is 5.88 Å². The van der Waals surface area contributed by atoms with Crippen LogP contribution in [0, 0.1) is 17.7 Å². The number of pyridine rings is 1. The Balaban J connectivity index is 1.34. The number of aryl methyl sites for hydroxylation is 1. The number of piperidine rings is 1. The molecule has 2 aromatic carbocycles. The maximum atomic E-state index is 14.9. The second-order valence-corrected chi connectivity index (χ2v) is 12.4. The molecule has 7 heteroatoms. The van der Waals surface area contributed by atoms with Gasteiger partial charge in [0.25, 0.3) is 0 Å². The van der Waals surface area contributed by atoms with Gasteiger partial charge >= 0.3 is 5.97 Å². The minimum atomic E-state index is -0.747. The molecule has 3 aromatic rings. The van der Waals surface area contributed by atoms with E-state index in [4.69, 9.17) is 9.47 Å². The second kappa shape index (κ2) is 12.0. The van der Waals surface area contributed by atoms with Crippen molar-refractivity contribution in [1.82, 2.24) is 9.88 Å². The van der Waals surface area contributed by atoms with E-state index in [-0.39, 0.29) is 17.8 Å². The van der Waals surface area contributed by atoms with Crippen LogP contribution < -0.4 is 9.47 Å². The molecule has 2 fully saturated rings. The maximum Gasteiger partial charge on any atom is 0.306 e. The lowest BCUT2D eigenvalue weighted by Gasteiger charge is -2.35. The summed E-state index contributed by atoms with van der Waals surface area (Å²) in [5.41, 5.74) is 5.78. The van der Waals surface area contributed by atoms with Gasteiger partial charge in [-0.3, -0.25) is 9.69 Å². The Morgan fingerprint density at radius 3 is 2.71 bits per heavy atom. The lowest BCUT2D eigenvalue weighted by atomic mass is 9.82. The number of hydrogen-bond donors (Lipinski definition) is 1. The first-order valence-corrected chi connectivity index (χ1v) is 15.4. The van der Waals surface area contributed by atoms with E-state index in [0.29, 0.717) is 23.4 Å². The normalized spacial score (nSPS) is 22.1. The Labute approximate surface area is 247 Å². The molecule has 6 rings (SSSR count). The number of likely N-dealkylation sites (tertiary alicyclic amines) is 1. The fourth-order valence-corrected chi connectivity index (χ4v) is 6.98. The van der Waals surface area contributed by atoms with Crippen LogP contribution in [0.25, 0.3) is 11.1 Å². The highest BCUT2D eigenvalue weighted by atomic mass is 19.1. The standard InChI is InChI=1S/C35H41FN2O4/c1-21-6-4-5-15-38(21)20-27-16-25(29-18-33(41-3)37-19-30(29)36)11-13-28(27)31-14-12-23-7-10-26(17-32(23)42-31)34(24-8-9-24)22(2)35(39)40/h7,10-11,13,16-19,21-22,24,31,34H,4-6,8-9,12,14-15,20H2,1-3H3,(H,39,40)/t21-,22-,31?,34-/m0/s1. The maximum absolute atomic E-state index is 14.9. The van der Waals surface area contributed by atoms with E-state index in [0.717, 1.165) is 66.8 Å². The molecule has 1 aromatic heterocycles. The van der Waals surface area contributed by atoms with Gasteiger partial charge in [-0.05, 0) is 104 Å². The van der Waals surface area contributed by atoms with Crippen molar-refractivity contribution >= 4 is 5.97 Å². The van der Waals surface area contributed by atoms with Crippen LogP contribution in [0.2, 0.25) is 0 Å². The van der Waals surface area contributed by atoms with E-state index in [1.165, 1.54) is 38.1 Å². The minimum absolute atomic E-state index is 0.000500. The fraction of sp³-hybridized carbons (Fsp3) is 0.486. The molecule has 222 valence electrons. The summed E-state index contributed by atoms with van der Waals surface area (Å²) < 4.78 is 27.0. The summed E-state index contributed by atoms with van der Waals surface area (Å²) in [6.07, 6.45) is 8.59. The number of carboxylic acid groups (broad SMARTS) is 1. The quantitative estimate of drug-likeness (QED) is 0.285. The topological polar surface area (TPSA) is 71.9 Å².